The van der Waals surface area contributed by atoms with Crippen molar-refractivity contribution in [3.05, 3.63) is 51.9 Å². The maximum atomic E-state index is 12.6. The van der Waals surface area contributed by atoms with Gasteiger partial charge >= 0.3 is 5.97 Å². The van der Waals surface area contributed by atoms with Crippen molar-refractivity contribution in [2.45, 2.75) is 32.2 Å². The van der Waals surface area contributed by atoms with Gasteiger partial charge in [0.1, 0.15) is 5.82 Å². The molecule has 0 bridgehead atoms. The Labute approximate surface area is 156 Å². The molecular weight excluding hydrogens is 346 g/mol. The summed E-state index contributed by atoms with van der Waals surface area (Å²) in [7, 11) is 0. The van der Waals surface area contributed by atoms with Crippen LogP contribution in [-0.4, -0.2) is 39.9 Å². The van der Waals surface area contributed by atoms with E-state index in [9.17, 15) is 14.4 Å². The van der Waals surface area contributed by atoms with Gasteiger partial charge in [-0.05, 0) is 19.3 Å². The predicted octanol–water partition coefficient (Wildman–Crippen LogP) is 1.66. The van der Waals surface area contributed by atoms with Crippen LogP contribution in [0.25, 0.3) is 11.4 Å². The highest BCUT2D eigenvalue weighted by atomic mass is 16.5. The number of hydrogen-bond donors (Lipinski definition) is 1. The van der Waals surface area contributed by atoms with Crippen LogP contribution in [0, 0.1) is 5.92 Å². The highest BCUT2D eigenvalue weighted by Crippen LogP contribution is 2.22. The van der Waals surface area contributed by atoms with E-state index in [0.717, 1.165) is 5.56 Å². The summed E-state index contributed by atoms with van der Waals surface area (Å²) < 4.78 is 4.95. The summed E-state index contributed by atoms with van der Waals surface area (Å²) in [5, 5.41) is 0. The summed E-state index contributed by atoms with van der Waals surface area (Å²) in [6.07, 6.45) is 2.00. The van der Waals surface area contributed by atoms with E-state index in [-0.39, 0.29) is 23.4 Å². The van der Waals surface area contributed by atoms with Gasteiger partial charge in [-0.3, -0.25) is 14.4 Å². The molecule has 1 N–H and O–H groups in total. The van der Waals surface area contributed by atoms with Crippen molar-refractivity contribution >= 4 is 11.9 Å². The molecule has 7 nitrogen and oxygen atoms in total. The lowest BCUT2D eigenvalue weighted by atomic mass is 10.0. The van der Waals surface area contributed by atoms with Crippen LogP contribution in [0.4, 0.5) is 0 Å². The first kappa shape index (κ1) is 17.5. The number of nitrogens with one attached hydrogen (secondary N) is 1. The summed E-state index contributed by atoms with van der Waals surface area (Å²) in [6.45, 7) is 1.27. The number of H-pyrrole nitrogens is 1. The number of rotatable bonds is 4. The molecule has 27 heavy (non-hydrogen) atoms. The van der Waals surface area contributed by atoms with Gasteiger partial charge in [-0.15, -0.1) is 0 Å². The van der Waals surface area contributed by atoms with Crippen LogP contribution in [-0.2, 0) is 27.3 Å². The number of nitrogens with zero attached hydrogens (tertiary/aromatic N) is 2. The van der Waals surface area contributed by atoms with E-state index in [1.54, 1.807) is 4.90 Å². The Morgan fingerprint density at radius 3 is 2.81 bits per heavy atom. The minimum Gasteiger partial charge on any atom is -0.465 e. The molecule has 2 aromatic rings. The van der Waals surface area contributed by atoms with Gasteiger partial charge in [-0.2, -0.15) is 0 Å². The number of aromatic nitrogens is 2. The maximum Gasteiger partial charge on any atom is 0.309 e. The third-order valence-corrected chi connectivity index (χ3v) is 5.22. The molecule has 0 aliphatic carbocycles. The minimum absolute atomic E-state index is 0.0105. The van der Waals surface area contributed by atoms with Gasteiger partial charge in [0.2, 0.25) is 5.91 Å². The highest BCUT2D eigenvalue weighted by Gasteiger charge is 2.29. The van der Waals surface area contributed by atoms with E-state index in [2.05, 4.69) is 9.97 Å². The third kappa shape index (κ3) is 3.63. The van der Waals surface area contributed by atoms with Crippen molar-refractivity contribution in [3.8, 4) is 11.4 Å². The van der Waals surface area contributed by atoms with Crippen LogP contribution in [0.1, 0.15) is 30.5 Å². The van der Waals surface area contributed by atoms with Crippen LogP contribution in [0.5, 0.6) is 0 Å². The molecule has 0 saturated carbocycles. The van der Waals surface area contributed by atoms with Crippen molar-refractivity contribution in [3.63, 3.8) is 0 Å². The standard InChI is InChI=1S/C20H21N3O4/c24-17(7-6-14-9-11-27-20(14)26)23-10-8-15-16(12-23)21-18(22-19(15)25)13-4-2-1-3-5-13/h1-5,14H,6-12H2,(H,21,22,25). The van der Waals surface area contributed by atoms with Gasteiger partial charge in [0, 0.05) is 24.1 Å². The molecule has 7 heteroatoms. The second kappa shape index (κ2) is 7.34. The van der Waals surface area contributed by atoms with Gasteiger partial charge in [0.25, 0.3) is 5.56 Å². The second-order valence-electron chi connectivity index (χ2n) is 6.96. The van der Waals surface area contributed by atoms with Crippen molar-refractivity contribution in [2.75, 3.05) is 13.2 Å². The number of carbonyl (C=O) groups excluding carboxylic acids is 2. The summed E-state index contributed by atoms with van der Waals surface area (Å²) in [4.78, 5) is 45.7. The molecule has 1 aromatic carbocycles. The van der Waals surface area contributed by atoms with Crippen LogP contribution >= 0.6 is 0 Å². The Morgan fingerprint density at radius 1 is 1.26 bits per heavy atom. The number of esters is 1. The van der Waals surface area contributed by atoms with E-state index >= 15 is 0 Å². The first-order valence-corrected chi connectivity index (χ1v) is 9.23. The van der Waals surface area contributed by atoms with E-state index in [1.165, 1.54) is 0 Å². The number of aromatic amines is 1. The summed E-state index contributed by atoms with van der Waals surface area (Å²) in [5.74, 6) is 0.134. The summed E-state index contributed by atoms with van der Waals surface area (Å²) in [5.41, 5.74) is 2.00. The first-order chi connectivity index (χ1) is 13.1. The lowest BCUT2D eigenvalue weighted by molar-refractivity contribution is -0.141. The van der Waals surface area contributed by atoms with Crippen molar-refractivity contribution in [2.24, 2.45) is 5.92 Å². The van der Waals surface area contributed by atoms with Crippen molar-refractivity contribution in [1.82, 2.24) is 14.9 Å². The Hall–Kier alpha value is -2.96. The number of amides is 1. The topological polar surface area (TPSA) is 92.4 Å². The monoisotopic (exact) mass is 367 g/mol. The van der Waals surface area contributed by atoms with Crippen LogP contribution in [0.15, 0.2) is 35.1 Å². The lowest BCUT2D eigenvalue weighted by Crippen LogP contribution is -2.39. The molecule has 1 unspecified atom stereocenters. The molecule has 3 heterocycles. The molecule has 1 saturated heterocycles. The van der Waals surface area contributed by atoms with Crippen molar-refractivity contribution < 1.29 is 14.3 Å². The Bertz CT molecular complexity index is 923. The number of hydrogen-bond acceptors (Lipinski definition) is 5. The second-order valence-corrected chi connectivity index (χ2v) is 6.96. The molecule has 1 amide bonds. The van der Waals surface area contributed by atoms with Crippen LogP contribution in [0.2, 0.25) is 0 Å². The molecule has 140 valence electrons. The zero-order valence-electron chi connectivity index (χ0n) is 14.9. The van der Waals surface area contributed by atoms with Crippen LogP contribution in [0.3, 0.4) is 0 Å². The van der Waals surface area contributed by atoms with E-state index in [0.29, 0.717) is 62.5 Å². The molecular formula is C20H21N3O4. The molecule has 2 aliphatic rings. The Balaban J connectivity index is 1.48. The fourth-order valence-electron chi connectivity index (χ4n) is 3.64. The largest absolute Gasteiger partial charge is 0.465 e. The summed E-state index contributed by atoms with van der Waals surface area (Å²) >= 11 is 0. The van der Waals surface area contributed by atoms with Gasteiger partial charge in [0.05, 0.1) is 24.8 Å². The predicted molar refractivity (Wildman–Crippen MR) is 97.7 cm³/mol. The van der Waals surface area contributed by atoms with Gasteiger partial charge in [-0.25, -0.2) is 4.98 Å². The number of cyclic esters (lactones) is 1. The fourth-order valence-corrected chi connectivity index (χ4v) is 3.64. The Kier molecular flexibility index (Phi) is 4.75. The smallest absolute Gasteiger partial charge is 0.309 e. The zero-order valence-corrected chi connectivity index (χ0v) is 14.9. The number of fused-ring (bicyclic) bond motifs is 1. The van der Waals surface area contributed by atoms with Gasteiger partial charge < -0.3 is 14.6 Å². The molecule has 1 atom stereocenters. The zero-order chi connectivity index (χ0) is 18.8. The minimum atomic E-state index is -0.201. The average Bonchev–Trinajstić information content (AvgIpc) is 3.11. The SMILES string of the molecule is O=C1OCCC1CCC(=O)N1CCc2c(nc(-c3ccccc3)[nH]c2=O)C1. The molecule has 1 fully saturated rings. The number of benzene rings is 1. The maximum absolute atomic E-state index is 12.6. The number of carbonyl (C=O) groups is 2. The Morgan fingerprint density at radius 2 is 2.07 bits per heavy atom. The van der Waals surface area contributed by atoms with Crippen molar-refractivity contribution in [1.29, 1.82) is 0 Å². The fraction of sp³-hybridized carbons (Fsp3) is 0.400. The normalized spacial score (nSPS) is 18.9. The van der Waals surface area contributed by atoms with E-state index in [1.807, 2.05) is 30.3 Å². The molecule has 2 aliphatic heterocycles. The van der Waals surface area contributed by atoms with Gasteiger partial charge in [-0.1, -0.05) is 30.3 Å². The molecule has 4 rings (SSSR count). The molecule has 1 aromatic heterocycles. The molecule has 0 radical (unpaired) electrons. The lowest BCUT2D eigenvalue weighted by Gasteiger charge is -2.28. The first-order valence-electron chi connectivity index (χ1n) is 9.23. The molecule has 0 spiro atoms. The highest BCUT2D eigenvalue weighted by molar-refractivity contribution is 5.78. The van der Waals surface area contributed by atoms with E-state index in [4.69, 9.17) is 4.74 Å². The number of ether oxygens (including phenoxy) is 1. The quantitative estimate of drug-likeness (QED) is 0.830. The third-order valence-electron chi connectivity index (χ3n) is 5.22. The van der Waals surface area contributed by atoms with Gasteiger partial charge in [0.15, 0.2) is 0 Å². The van der Waals surface area contributed by atoms with Crippen LogP contribution < -0.4 is 5.56 Å². The average molecular weight is 367 g/mol. The van der Waals surface area contributed by atoms with E-state index < -0.39 is 0 Å². The summed E-state index contributed by atoms with van der Waals surface area (Å²) in [6, 6.07) is 9.45.